The van der Waals surface area contributed by atoms with E-state index in [1.54, 1.807) is 0 Å². The number of benzene rings is 1. The maximum Gasteiger partial charge on any atom is 0.269 e. The number of non-ortho nitro benzene ring substituents is 1. The number of nitro groups is 1. The van der Waals surface area contributed by atoms with Gasteiger partial charge in [-0.25, -0.2) is 5.84 Å². The highest BCUT2D eigenvalue weighted by molar-refractivity contribution is 7.80. The molecule has 0 aliphatic rings. The van der Waals surface area contributed by atoms with Gasteiger partial charge in [0, 0.05) is 17.7 Å². The molecule has 5 N–H and O–H groups in total. The van der Waals surface area contributed by atoms with Gasteiger partial charge in [0.2, 0.25) is 0 Å². The summed E-state index contributed by atoms with van der Waals surface area (Å²) in [6.45, 7) is 0. The minimum Gasteiger partial charge on any atom is -0.375 e. The zero-order valence-corrected chi connectivity index (χ0v) is 8.94. The molecule has 0 aliphatic heterocycles. The molecule has 0 radical (unpaired) electrons. The van der Waals surface area contributed by atoms with Crippen molar-refractivity contribution in [2.45, 2.75) is 0 Å². The first-order chi connectivity index (χ1) is 7.51. The molecule has 0 fully saturated rings. The average Bonchev–Trinajstić information content (AvgIpc) is 2.29. The molecule has 0 spiro atoms. The maximum atomic E-state index is 10.1. The lowest BCUT2D eigenvalue weighted by Crippen LogP contribution is -2.34. The monoisotopic (exact) mass is 242 g/mol. The van der Waals surface area contributed by atoms with Crippen LogP contribution in [0.4, 0.5) is 5.69 Å². The molecule has 16 heavy (non-hydrogen) atoms. The normalized spacial score (nSPS) is 8.31. The number of hydrogen-bond donors (Lipinski definition) is 3. The van der Waals surface area contributed by atoms with Crippen molar-refractivity contribution in [2.75, 3.05) is 0 Å². The Balaban J connectivity index is 0.000000385. The number of nitrogens with two attached hydrogens (primary N) is 2. The zero-order valence-electron chi connectivity index (χ0n) is 8.12. The van der Waals surface area contributed by atoms with Crippen LogP contribution < -0.4 is 17.0 Å². The van der Waals surface area contributed by atoms with Gasteiger partial charge in [-0.15, -0.1) is 0 Å². The third-order valence-corrected chi connectivity index (χ3v) is 1.50. The van der Waals surface area contributed by atoms with E-state index >= 15 is 0 Å². The molecule has 0 heterocycles. The second-order valence-corrected chi connectivity index (χ2v) is 2.91. The first kappa shape index (κ1) is 13.9. The summed E-state index contributed by atoms with van der Waals surface area (Å²) in [5, 5.41) is 10.2. The Kier molecular flexibility index (Phi) is 6.33. The highest BCUT2D eigenvalue weighted by atomic mass is 32.1. The molecule has 0 bridgehead atoms. The van der Waals surface area contributed by atoms with Crippen molar-refractivity contribution in [2.24, 2.45) is 11.6 Å². The maximum absolute atomic E-state index is 10.1. The molecule has 1 aromatic rings. The number of nitrogens with one attached hydrogen (secondary N) is 1. The van der Waals surface area contributed by atoms with E-state index in [1.807, 2.05) is 5.43 Å². The summed E-state index contributed by atoms with van der Waals surface area (Å²) in [4.78, 5) is 19.7. The molecule has 86 valence electrons. The molecular formula is C8H10N4O3S. The van der Waals surface area contributed by atoms with Gasteiger partial charge in [0.05, 0.1) is 4.92 Å². The van der Waals surface area contributed by atoms with Crippen molar-refractivity contribution in [1.29, 1.82) is 0 Å². The summed E-state index contributed by atoms with van der Waals surface area (Å²) < 4.78 is 0. The number of nitrogens with zero attached hydrogens (tertiary/aromatic N) is 1. The van der Waals surface area contributed by atoms with Crippen molar-refractivity contribution in [3.63, 3.8) is 0 Å². The molecule has 0 saturated heterocycles. The van der Waals surface area contributed by atoms with Crippen molar-refractivity contribution in [3.05, 3.63) is 39.9 Å². The number of thiocarbonyl (C=S) groups is 1. The number of aldehydes is 1. The van der Waals surface area contributed by atoms with Crippen molar-refractivity contribution in [3.8, 4) is 0 Å². The Bertz CT molecular complexity index is 379. The summed E-state index contributed by atoms with van der Waals surface area (Å²) in [6.07, 6.45) is 0.643. The van der Waals surface area contributed by atoms with E-state index < -0.39 is 4.92 Å². The van der Waals surface area contributed by atoms with Crippen LogP contribution in [0.25, 0.3) is 0 Å². The van der Waals surface area contributed by atoms with Crippen molar-refractivity contribution >= 4 is 29.3 Å². The van der Waals surface area contributed by atoms with Crippen molar-refractivity contribution in [1.82, 2.24) is 5.43 Å². The first-order valence-electron chi connectivity index (χ1n) is 3.97. The standard InChI is InChI=1S/C7H5NO3.CH5N3S/c9-5-6-1-3-7(4-2-6)8(10)11;2-1(5)4-3/h1-5H;3H2,(H3,2,4,5). The lowest BCUT2D eigenvalue weighted by atomic mass is 10.2. The van der Waals surface area contributed by atoms with Gasteiger partial charge in [-0.1, -0.05) is 0 Å². The molecule has 0 atom stereocenters. The molecule has 0 unspecified atom stereocenters. The summed E-state index contributed by atoms with van der Waals surface area (Å²) >= 11 is 4.24. The molecule has 0 amide bonds. The quantitative estimate of drug-likeness (QED) is 0.221. The molecule has 0 aromatic heterocycles. The highest BCUT2D eigenvalue weighted by Crippen LogP contribution is 2.09. The number of carbonyl (C=O) groups is 1. The number of rotatable bonds is 2. The fraction of sp³-hybridized carbons (Fsp3) is 0. The predicted octanol–water partition coefficient (Wildman–Crippen LogP) is 0.101. The molecule has 8 heteroatoms. The van der Waals surface area contributed by atoms with Gasteiger partial charge in [0.15, 0.2) is 5.11 Å². The third kappa shape index (κ3) is 5.62. The Morgan fingerprint density at radius 2 is 1.88 bits per heavy atom. The molecule has 1 aromatic carbocycles. The van der Waals surface area contributed by atoms with E-state index in [9.17, 15) is 14.9 Å². The summed E-state index contributed by atoms with van der Waals surface area (Å²) in [5.41, 5.74) is 7.26. The van der Waals surface area contributed by atoms with Crippen LogP contribution >= 0.6 is 12.2 Å². The SMILES string of the molecule is NNC(N)=S.O=Cc1ccc([N+](=O)[O-])cc1. The Hall–Kier alpha value is -2.06. The minimum atomic E-state index is -0.505. The zero-order chi connectivity index (χ0) is 12.6. The second-order valence-electron chi connectivity index (χ2n) is 2.48. The summed E-state index contributed by atoms with van der Waals surface area (Å²) in [7, 11) is 0. The van der Waals surface area contributed by atoms with E-state index in [-0.39, 0.29) is 10.8 Å². The number of nitro benzene ring substituents is 1. The lowest BCUT2D eigenvalue weighted by molar-refractivity contribution is -0.384. The smallest absolute Gasteiger partial charge is 0.269 e. The van der Waals surface area contributed by atoms with Gasteiger partial charge in [-0.05, 0) is 24.4 Å². The van der Waals surface area contributed by atoms with Gasteiger partial charge in [0.25, 0.3) is 5.69 Å². The van der Waals surface area contributed by atoms with Crippen molar-refractivity contribution < 1.29 is 9.72 Å². The summed E-state index contributed by atoms with van der Waals surface area (Å²) in [6, 6.07) is 5.41. The number of carbonyl (C=O) groups excluding carboxylic acids is 1. The number of hydrogen-bond acceptors (Lipinski definition) is 5. The van der Waals surface area contributed by atoms with E-state index in [0.717, 1.165) is 0 Å². The summed E-state index contributed by atoms with van der Waals surface area (Å²) in [5.74, 6) is 4.66. The Morgan fingerprint density at radius 1 is 1.44 bits per heavy atom. The van der Waals surface area contributed by atoms with Crippen LogP contribution in [0.1, 0.15) is 10.4 Å². The fourth-order valence-electron chi connectivity index (χ4n) is 0.675. The molecular weight excluding hydrogens is 232 g/mol. The minimum absolute atomic E-state index is 0.00407. The van der Waals surface area contributed by atoms with Crippen LogP contribution in [0, 0.1) is 10.1 Å². The van der Waals surface area contributed by atoms with Gasteiger partial charge in [0.1, 0.15) is 6.29 Å². The molecule has 7 nitrogen and oxygen atoms in total. The van der Waals surface area contributed by atoms with E-state index in [0.29, 0.717) is 11.8 Å². The van der Waals surface area contributed by atoms with Gasteiger partial charge < -0.3 is 11.2 Å². The van der Waals surface area contributed by atoms with Crippen LogP contribution in [0.3, 0.4) is 0 Å². The number of hydrazine groups is 1. The molecule has 0 aliphatic carbocycles. The molecule has 1 rings (SSSR count). The first-order valence-corrected chi connectivity index (χ1v) is 4.37. The molecule has 0 saturated carbocycles. The highest BCUT2D eigenvalue weighted by Gasteiger charge is 2.02. The third-order valence-electron chi connectivity index (χ3n) is 1.38. The second kappa shape index (κ2) is 7.26. The Morgan fingerprint density at radius 3 is 2.12 bits per heavy atom. The topological polar surface area (TPSA) is 124 Å². The van der Waals surface area contributed by atoms with Crippen LogP contribution in [0.15, 0.2) is 24.3 Å². The van der Waals surface area contributed by atoms with Crippen LogP contribution in [0.2, 0.25) is 0 Å². The fourth-order valence-corrected chi connectivity index (χ4v) is 0.675. The van der Waals surface area contributed by atoms with Crippen LogP contribution in [0.5, 0.6) is 0 Å². The predicted molar refractivity (Wildman–Crippen MR) is 62.6 cm³/mol. The van der Waals surface area contributed by atoms with E-state index in [1.165, 1.54) is 24.3 Å². The van der Waals surface area contributed by atoms with Crippen LogP contribution in [-0.4, -0.2) is 16.3 Å². The van der Waals surface area contributed by atoms with Gasteiger partial charge >= 0.3 is 0 Å². The lowest BCUT2D eigenvalue weighted by Gasteiger charge is -1.89. The van der Waals surface area contributed by atoms with Gasteiger partial charge in [-0.3, -0.25) is 14.9 Å². The van der Waals surface area contributed by atoms with Gasteiger partial charge in [-0.2, -0.15) is 0 Å². The van der Waals surface area contributed by atoms with Crippen LogP contribution in [-0.2, 0) is 0 Å². The largest absolute Gasteiger partial charge is 0.375 e. The van der Waals surface area contributed by atoms with E-state index in [4.69, 9.17) is 5.73 Å². The average molecular weight is 242 g/mol. The Labute approximate surface area is 96.5 Å². The van der Waals surface area contributed by atoms with E-state index in [2.05, 4.69) is 18.1 Å².